The van der Waals surface area contributed by atoms with Crippen molar-refractivity contribution in [3.05, 3.63) is 78.1 Å². The molecule has 33 heavy (non-hydrogen) atoms. The SMILES string of the molecule is CCc1nc2c(Oc3nc4ccccc4s3)cccn2c1N(C)C(=O)c1ccc(OC)cc1. The summed E-state index contributed by atoms with van der Waals surface area (Å²) in [5.74, 6) is 1.87. The van der Waals surface area contributed by atoms with Crippen molar-refractivity contribution in [1.29, 1.82) is 0 Å². The van der Waals surface area contributed by atoms with E-state index in [9.17, 15) is 4.79 Å². The van der Waals surface area contributed by atoms with Gasteiger partial charge >= 0.3 is 0 Å². The number of pyridine rings is 1. The Morgan fingerprint density at radius 3 is 2.58 bits per heavy atom. The fourth-order valence-electron chi connectivity index (χ4n) is 3.76. The Bertz CT molecular complexity index is 1420. The number of imidazole rings is 1. The number of thiazole rings is 1. The van der Waals surface area contributed by atoms with E-state index in [1.165, 1.54) is 11.3 Å². The van der Waals surface area contributed by atoms with Crippen LogP contribution in [-0.4, -0.2) is 34.4 Å². The van der Waals surface area contributed by atoms with E-state index in [2.05, 4.69) is 4.98 Å². The first-order chi connectivity index (χ1) is 16.1. The molecule has 8 heteroatoms. The van der Waals surface area contributed by atoms with E-state index >= 15 is 0 Å². The number of amides is 1. The van der Waals surface area contributed by atoms with Crippen LogP contribution in [0.25, 0.3) is 15.9 Å². The van der Waals surface area contributed by atoms with Crippen molar-refractivity contribution >= 4 is 38.9 Å². The van der Waals surface area contributed by atoms with Crippen molar-refractivity contribution in [3.63, 3.8) is 0 Å². The number of aromatic nitrogens is 3. The summed E-state index contributed by atoms with van der Waals surface area (Å²) in [6, 6.07) is 18.7. The largest absolute Gasteiger partial charge is 0.497 e. The standard InChI is InChI=1S/C25H22N4O3S/c1-4-18-23(28(2)24(30)16-11-13-17(31-3)14-12-16)29-15-7-9-20(22(29)26-18)32-25-27-19-8-5-6-10-21(19)33-25/h5-15H,4H2,1-3H3. The summed E-state index contributed by atoms with van der Waals surface area (Å²) in [6.07, 6.45) is 2.55. The van der Waals surface area contributed by atoms with E-state index in [0.29, 0.717) is 40.1 Å². The fraction of sp³-hybridized carbons (Fsp3) is 0.160. The Labute approximate surface area is 194 Å². The lowest BCUT2D eigenvalue weighted by Crippen LogP contribution is -2.28. The van der Waals surface area contributed by atoms with Crippen LogP contribution in [-0.2, 0) is 6.42 Å². The Kier molecular flexibility index (Phi) is 5.43. The summed E-state index contributed by atoms with van der Waals surface area (Å²) in [7, 11) is 3.36. The third-order valence-corrected chi connectivity index (χ3v) is 6.34. The van der Waals surface area contributed by atoms with Crippen molar-refractivity contribution < 1.29 is 14.3 Å². The number of hydrogen-bond acceptors (Lipinski definition) is 6. The van der Waals surface area contributed by atoms with Gasteiger partial charge in [-0.3, -0.25) is 14.1 Å². The van der Waals surface area contributed by atoms with E-state index in [0.717, 1.165) is 15.9 Å². The number of rotatable bonds is 6. The number of aryl methyl sites for hydroxylation is 1. The number of methoxy groups -OCH3 is 1. The average Bonchev–Trinajstić information content (AvgIpc) is 3.44. The van der Waals surface area contributed by atoms with Gasteiger partial charge in [0.1, 0.15) is 11.6 Å². The zero-order valence-electron chi connectivity index (χ0n) is 18.5. The van der Waals surface area contributed by atoms with Gasteiger partial charge in [0.05, 0.1) is 23.0 Å². The minimum atomic E-state index is -0.133. The zero-order valence-corrected chi connectivity index (χ0v) is 19.3. The van der Waals surface area contributed by atoms with Crippen molar-refractivity contribution in [2.24, 2.45) is 0 Å². The summed E-state index contributed by atoms with van der Waals surface area (Å²) < 4.78 is 14.3. The molecule has 0 atom stereocenters. The van der Waals surface area contributed by atoms with Gasteiger partial charge in [-0.05, 0) is 55.0 Å². The fourth-order valence-corrected chi connectivity index (χ4v) is 4.59. The molecule has 0 N–H and O–H groups in total. The third-order valence-electron chi connectivity index (χ3n) is 5.42. The molecule has 0 saturated carbocycles. The van der Waals surface area contributed by atoms with Gasteiger partial charge in [-0.15, -0.1) is 0 Å². The maximum absolute atomic E-state index is 13.2. The highest BCUT2D eigenvalue weighted by Gasteiger charge is 2.23. The summed E-state index contributed by atoms with van der Waals surface area (Å²) in [5.41, 5.74) is 2.91. The Morgan fingerprint density at radius 2 is 1.85 bits per heavy atom. The minimum Gasteiger partial charge on any atom is -0.497 e. The second kappa shape index (κ2) is 8.55. The number of ether oxygens (including phenoxy) is 2. The summed E-state index contributed by atoms with van der Waals surface area (Å²) >= 11 is 1.48. The third kappa shape index (κ3) is 3.78. The summed E-state index contributed by atoms with van der Waals surface area (Å²) in [5, 5.41) is 0.551. The molecule has 2 aromatic carbocycles. The van der Waals surface area contributed by atoms with E-state index in [1.807, 2.05) is 53.9 Å². The van der Waals surface area contributed by atoms with Crippen molar-refractivity contribution in [2.75, 3.05) is 19.1 Å². The van der Waals surface area contributed by atoms with E-state index in [-0.39, 0.29) is 5.91 Å². The predicted molar refractivity (Wildman–Crippen MR) is 130 cm³/mol. The second-order valence-corrected chi connectivity index (χ2v) is 8.44. The molecule has 0 saturated heterocycles. The molecule has 166 valence electrons. The Morgan fingerprint density at radius 1 is 1.06 bits per heavy atom. The van der Waals surface area contributed by atoms with E-state index in [1.54, 1.807) is 43.3 Å². The van der Waals surface area contributed by atoms with Crippen LogP contribution < -0.4 is 14.4 Å². The molecule has 0 spiro atoms. The highest BCUT2D eigenvalue weighted by atomic mass is 32.1. The maximum Gasteiger partial charge on any atom is 0.279 e. The first-order valence-electron chi connectivity index (χ1n) is 10.5. The van der Waals surface area contributed by atoms with Crippen LogP contribution in [0.2, 0.25) is 0 Å². The number of anilines is 1. The summed E-state index contributed by atoms with van der Waals surface area (Å²) in [6.45, 7) is 2.02. The maximum atomic E-state index is 13.2. The monoisotopic (exact) mass is 458 g/mol. The number of carbonyl (C=O) groups excluding carboxylic acids is 1. The van der Waals surface area contributed by atoms with E-state index in [4.69, 9.17) is 14.5 Å². The first kappa shape index (κ1) is 21.0. The van der Waals surface area contributed by atoms with Crippen LogP contribution >= 0.6 is 11.3 Å². The molecule has 7 nitrogen and oxygen atoms in total. The lowest BCUT2D eigenvalue weighted by molar-refractivity contribution is 0.0992. The molecular weight excluding hydrogens is 436 g/mol. The molecule has 0 fully saturated rings. The van der Waals surface area contributed by atoms with Crippen LogP contribution in [0.15, 0.2) is 66.9 Å². The molecule has 0 unspecified atom stereocenters. The Balaban J connectivity index is 1.53. The lowest BCUT2D eigenvalue weighted by atomic mass is 10.2. The van der Waals surface area contributed by atoms with Crippen molar-refractivity contribution in [3.8, 4) is 16.7 Å². The van der Waals surface area contributed by atoms with Crippen LogP contribution in [0.5, 0.6) is 16.7 Å². The molecule has 3 aromatic heterocycles. The van der Waals surface area contributed by atoms with Gasteiger partial charge in [0.15, 0.2) is 11.4 Å². The average molecular weight is 459 g/mol. The van der Waals surface area contributed by atoms with Gasteiger partial charge < -0.3 is 9.47 Å². The molecule has 3 heterocycles. The predicted octanol–water partition coefficient (Wildman–Crippen LogP) is 5.58. The molecule has 0 aliphatic heterocycles. The normalized spacial score (nSPS) is 11.1. The second-order valence-electron chi connectivity index (χ2n) is 7.44. The number of para-hydroxylation sites is 1. The topological polar surface area (TPSA) is 69.0 Å². The molecule has 1 amide bonds. The highest BCUT2D eigenvalue weighted by Crippen LogP contribution is 2.35. The number of fused-ring (bicyclic) bond motifs is 2. The quantitative estimate of drug-likeness (QED) is 0.332. The van der Waals surface area contributed by atoms with Crippen LogP contribution in [0.4, 0.5) is 5.82 Å². The number of hydrogen-bond donors (Lipinski definition) is 0. The van der Waals surface area contributed by atoms with Gasteiger partial charge in [0.2, 0.25) is 0 Å². The van der Waals surface area contributed by atoms with Crippen molar-refractivity contribution in [2.45, 2.75) is 13.3 Å². The molecule has 5 rings (SSSR count). The smallest absolute Gasteiger partial charge is 0.279 e. The van der Waals surface area contributed by atoms with Gasteiger partial charge in [-0.1, -0.05) is 30.4 Å². The Hall–Kier alpha value is -3.91. The number of benzene rings is 2. The summed E-state index contributed by atoms with van der Waals surface area (Å²) in [4.78, 5) is 24.2. The van der Waals surface area contributed by atoms with Gasteiger partial charge in [0.25, 0.3) is 11.1 Å². The van der Waals surface area contributed by atoms with Crippen LogP contribution in [0.3, 0.4) is 0 Å². The minimum absolute atomic E-state index is 0.133. The first-order valence-corrected chi connectivity index (χ1v) is 11.4. The van der Waals surface area contributed by atoms with Crippen LogP contribution in [0.1, 0.15) is 23.0 Å². The molecule has 0 bridgehead atoms. The van der Waals surface area contributed by atoms with Gasteiger partial charge in [-0.25, -0.2) is 9.97 Å². The van der Waals surface area contributed by atoms with E-state index < -0.39 is 0 Å². The van der Waals surface area contributed by atoms with Crippen molar-refractivity contribution in [1.82, 2.24) is 14.4 Å². The zero-order chi connectivity index (χ0) is 22.9. The van der Waals surface area contributed by atoms with Gasteiger partial charge in [-0.2, -0.15) is 0 Å². The number of nitrogens with zero attached hydrogens (tertiary/aromatic N) is 4. The molecule has 0 radical (unpaired) electrons. The molecule has 0 aliphatic carbocycles. The number of carbonyl (C=O) groups is 1. The lowest BCUT2D eigenvalue weighted by Gasteiger charge is -2.18. The molecule has 0 aliphatic rings. The highest BCUT2D eigenvalue weighted by molar-refractivity contribution is 7.20. The van der Waals surface area contributed by atoms with Crippen LogP contribution in [0, 0.1) is 0 Å². The van der Waals surface area contributed by atoms with Gasteiger partial charge in [0, 0.05) is 18.8 Å². The molecular formula is C25H22N4O3S. The molecule has 5 aromatic rings.